The van der Waals surface area contributed by atoms with Gasteiger partial charge in [-0.3, -0.25) is 4.57 Å². The minimum Gasteiger partial charge on any atom is -0.363 e. The average molecular weight is 400 g/mol. The third-order valence-electron chi connectivity index (χ3n) is 4.59. The van der Waals surface area contributed by atoms with Gasteiger partial charge in [-0.2, -0.15) is 13.9 Å². The Morgan fingerprint density at radius 2 is 1.97 bits per heavy atom. The molecule has 0 unspecified atom stereocenters. The van der Waals surface area contributed by atoms with Crippen LogP contribution in [0.2, 0.25) is 0 Å². The molecule has 29 heavy (non-hydrogen) atoms. The fourth-order valence-electron chi connectivity index (χ4n) is 2.98. The van der Waals surface area contributed by atoms with Crippen molar-refractivity contribution in [1.82, 2.24) is 19.7 Å². The number of anilines is 1. The number of H-pyrrole nitrogens is 1. The van der Waals surface area contributed by atoms with E-state index in [4.69, 9.17) is 5.73 Å². The molecule has 152 valence electrons. The van der Waals surface area contributed by atoms with Crippen LogP contribution < -0.4 is 16.3 Å². The summed E-state index contributed by atoms with van der Waals surface area (Å²) in [4.78, 5) is 18.6. The molecule has 0 aliphatic rings. The van der Waals surface area contributed by atoms with Crippen molar-refractivity contribution in [2.75, 3.05) is 25.5 Å². The molecule has 0 saturated carbocycles. The summed E-state index contributed by atoms with van der Waals surface area (Å²) in [5, 5.41) is 6.24. The monoisotopic (exact) mass is 400 g/mol. The first-order chi connectivity index (χ1) is 13.9. The minimum atomic E-state index is -1.85. The van der Waals surface area contributed by atoms with Gasteiger partial charge in [0.25, 0.3) is 6.08 Å². The summed E-state index contributed by atoms with van der Waals surface area (Å²) < 4.78 is 27.3. The average Bonchev–Trinajstić information content (AvgIpc) is 3.05. The molecule has 0 amide bonds. The Morgan fingerprint density at radius 3 is 2.59 bits per heavy atom. The van der Waals surface area contributed by atoms with Gasteiger partial charge in [0.1, 0.15) is 11.6 Å². The second-order valence-electron chi connectivity index (χ2n) is 6.73. The zero-order chi connectivity index (χ0) is 21.0. The van der Waals surface area contributed by atoms with Crippen LogP contribution in [0.25, 0.3) is 11.1 Å². The van der Waals surface area contributed by atoms with Gasteiger partial charge in [0.05, 0.1) is 6.54 Å². The Labute approximate surface area is 166 Å². The number of rotatable bonds is 7. The van der Waals surface area contributed by atoms with Crippen LogP contribution in [0.5, 0.6) is 0 Å². The largest absolute Gasteiger partial charge is 0.363 e. The number of halogens is 2. The first kappa shape index (κ1) is 20.4. The van der Waals surface area contributed by atoms with Crippen molar-refractivity contribution in [3.63, 3.8) is 0 Å². The van der Waals surface area contributed by atoms with E-state index in [0.29, 0.717) is 0 Å². The number of hydrogen-bond donors (Lipinski definition) is 2. The molecule has 0 radical (unpaired) electrons. The van der Waals surface area contributed by atoms with Crippen molar-refractivity contribution >= 4 is 5.82 Å². The summed E-state index contributed by atoms with van der Waals surface area (Å²) in [6.45, 7) is -0.119. The number of nitrogens with one attached hydrogen (secondary N) is 1. The molecule has 0 bridgehead atoms. The van der Waals surface area contributed by atoms with Crippen molar-refractivity contribution in [2.45, 2.75) is 13.0 Å². The van der Waals surface area contributed by atoms with E-state index < -0.39 is 11.8 Å². The van der Waals surface area contributed by atoms with Crippen LogP contribution in [0.3, 0.4) is 0 Å². The number of nitrogens with zero attached hydrogens (tertiary/aromatic N) is 4. The number of aromatic amines is 1. The highest BCUT2D eigenvalue weighted by Gasteiger charge is 2.15. The SMILES string of the molecule is CN(C)c1ccc(-c2ccccc2Cn2c(CC(CN)=C(F)F)n[nH]c2=O)cn1. The summed E-state index contributed by atoms with van der Waals surface area (Å²) in [7, 11) is 3.82. The third kappa shape index (κ3) is 4.57. The lowest BCUT2D eigenvalue weighted by molar-refractivity contribution is 0.407. The van der Waals surface area contributed by atoms with E-state index >= 15 is 0 Å². The maximum absolute atomic E-state index is 13.0. The Bertz CT molecular complexity index is 1070. The smallest absolute Gasteiger partial charge is 0.343 e. The second kappa shape index (κ2) is 8.78. The molecule has 0 aliphatic heterocycles. The molecular weight excluding hydrogens is 378 g/mol. The lowest BCUT2D eigenvalue weighted by atomic mass is 10.0. The fraction of sp³-hybridized carbons (Fsp3) is 0.250. The van der Waals surface area contributed by atoms with E-state index in [1.165, 1.54) is 4.57 Å². The third-order valence-corrected chi connectivity index (χ3v) is 4.59. The summed E-state index contributed by atoms with van der Waals surface area (Å²) >= 11 is 0. The zero-order valence-corrected chi connectivity index (χ0v) is 16.2. The summed E-state index contributed by atoms with van der Waals surface area (Å²) in [6, 6.07) is 11.4. The fourth-order valence-corrected chi connectivity index (χ4v) is 2.98. The molecule has 3 aromatic rings. The van der Waals surface area contributed by atoms with Crippen molar-refractivity contribution in [1.29, 1.82) is 0 Å². The van der Waals surface area contributed by atoms with Gasteiger partial charge in [0.2, 0.25) is 0 Å². The lowest BCUT2D eigenvalue weighted by Gasteiger charge is -2.14. The summed E-state index contributed by atoms with van der Waals surface area (Å²) in [5.41, 5.74) is 7.31. The molecule has 0 saturated heterocycles. The lowest BCUT2D eigenvalue weighted by Crippen LogP contribution is -2.21. The second-order valence-corrected chi connectivity index (χ2v) is 6.73. The Balaban J connectivity index is 1.96. The zero-order valence-electron chi connectivity index (χ0n) is 16.2. The highest BCUT2D eigenvalue weighted by Crippen LogP contribution is 2.25. The van der Waals surface area contributed by atoms with E-state index in [1.54, 1.807) is 6.20 Å². The van der Waals surface area contributed by atoms with Crippen LogP contribution in [0.1, 0.15) is 11.4 Å². The van der Waals surface area contributed by atoms with Crippen LogP contribution in [0.4, 0.5) is 14.6 Å². The molecule has 3 N–H and O–H groups in total. The molecule has 7 nitrogen and oxygen atoms in total. The minimum absolute atomic E-state index is 0.183. The van der Waals surface area contributed by atoms with Gasteiger partial charge in [0.15, 0.2) is 0 Å². The van der Waals surface area contributed by atoms with Crippen LogP contribution in [-0.4, -0.2) is 40.4 Å². The highest BCUT2D eigenvalue weighted by molar-refractivity contribution is 5.67. The van der Waals surface area contributed by atoms with E-state index in [2.05, 4.69) is 15.2 Å². The van der Waals surface area contributed by atoms with Gasteiger partial charge >= 0.3 is 5.69 Å². The van der Waals surface area contributed by atoms with Crippen molar-refractivity contribution in [2.24, 2.45) is 5.73 Å². The topological polar surface area (TPSA) is 92.8 Å². The molecule has 0 fully saturated rings. The predicted molar refractivity (Wildman–Crippen MR) is 108 cm³/mol. The maximum Gasteiger partial charge on any atom is 0.343 e. The van der Waals surface area contributed by atoms with Gasteiger partial charge in [-0.1, -0.05) is 24.3 Å². The van der Waals surface area contributed by atoms with Gasteiger partial charge < -0.3 is 10.6 Å². The van der Waals surface area contributed by atoms with Crippen molar-refractivity contribution in [3.8, 4) is 11.1 Å². The van der Waals surface area contributed by atoms with Crippen LogP contribution in [0, 0.1) is 0 Å². The standard InChI is InChI=1S/C20H22F2N6O/c1-27(2)17-8-7-13(11-24-17)16-6-4-3-5-14(16)12-28-18(25-26-20(28)29)9-15(10-23)19(21)22/h3-8,11H,9-10,12,23H2,1-2H3,(H,26,29). The highest BCUT2D eigenvalue weighted by atomic mass is 19.3. The van der Waals surface area contributed by atoms with E-state index in [-0.39, 0.29) is 30.9 Å². The van der Waals surface area contributed by atoms with Gasteiger partial charge in [-0.25, -0.2) is 14.9 Å². The molecule has 2 heterocycles. The molecular formula is C20H22F2N6O. The van der Waals surface area contributed by atoms with Crippen molar-refractivity contribution < 1.29 is 8.78 Å². The molecule has 3 rings (SSSR count). The quantitative estimate of drug-likeness (QED) is 0.635. The number of nitrogens with two attached hydrogens (primary N) is 1. The maximum atomic E-state index is 13.0. The number of pyridine rings is 1. The Hall–Kier alpha value is -3.33. The van der Waals surface area contributed by atoms with Crippen molar-refractivity contribution in [3.05, 3.63) is 76.1 Å². The number of hydrogen-bond acceptors (Lipinski definition) is 5. The Kier molecular flexibility index (Phi) is 6.18. The first-order valence-electron chi connectivity index (χ1n) is 8.99. The van der Waals surface area contributed by atoms with E-state index in [1.807, 2.05) is 55.4 Å². The first-order valence-corrected chi connectivity index (χ1v) is 8.99. The van der Waals surface area contributed by atoms with Crippen LogP contribution in [-0.2, 0) is 13.0 Å². The van der Waals surface area contributed by atoms with Crippen LogP contribution in [0.15, 0.2) is 59.0 Å². The summed E-state index contributed by atoms with van der Waals surface area (Å²) in [6.07, 6.45) is -0.276. The van der Waals surface area contributed by atoms with Gasteiger partial charge in [0, 0.05) is 44.4 Å². The predicted octanol–water partition coefficient (Wildman–Crippen LogP) is 2.40. The van der Waals surface area contributed by atoms with Gasteiger partial charge in [-0.05, 0) is 23.3 Å². The van der Waals surface area contributed by atoms with E-state index in [0.717, 1.165) is 22.5 Å². The molecule has 0 atom stereocenters. The number of aromatic nitrogens is 4. The molecule has 1 aromatic carbocycles. The molecule has 2 aromatic heterocycles. The number of benzene rings is 1. The molecule has 0 spiro atoms. The molecule has 9 heteroatoms. The Morgan fingerprint density at radius 1 is 1.21 bits per heavy atom. The molecule has 0 aliphatic carbocycles. The summed E-state index contributed by atoms with van der Waals surface area (Å²) in [5.74, 6) is 1.04. The normalized spacial score (nSPS) is 10.8. The van der Waals surface area contributed by atoms with Gasteiger partial charge in [-0.15, -0.1) is 0 Å². The van der Waals surface area contributed by atoms with Crippen LogP contribution >= 0.6 is 0 Å². The van der Waals surface area contributed by atoms with E-state index in [9.17, 15) is 13.6 Å².